The van der Waals surface area contributed by atoms with Gasteiger partial charge in [-0.3, -0.25) is 4.79 Å². The zero-order valence-corrected chi connectivity index (χ0v) is 10.5. The van der Waals surface area contributed by atoms with Crippen molar-refractivity contribution in [2.75, 3.05) is 0 Å². The van der Waals surface area contributed by atoms with Gasteiger partial charge in [-0.1, -0.05) is 35.0 Å². The van der Waals surface area contributed by atoms with Crippen LogP contribution < -0.4 is 0 Å². The van der Waals surface area contributed by atoms with Gasteiger partial charge in [0, 0.05) is 10.4 Å². The minimum Gasteiger partial charge on any atom is -0.481 e. The zero-order valence-electron chi connectivity index (χ0n) is 8.94. The Balaban J connectivity index is 3.02. The highest BCUT2D eigenvalue weighted by Crippen LogP contribution is 2.23. The molecule has 0 fully saturated rings. The van der Waals surface area contributed by atoms with Crippen molar-refractivity contribution in [2.24, 2.45) is 5.92 Å². The van der Waals surface area contributed by atoms with Crippen molar-refractivity contribution >= 4 is 28.2 Å². The third kappa shape index (κ3) is 3.45. The molecule has 1 unspecified atom stereocenters. The molecule has 1 N–H and O–H groups in total. The lowest BCUT2D eigenvalue weighted by Crippen LogP contribution is -2.08. The summed E-state index contributed by atoms with van der Waals surface area (Å²) in [5.41, 5.74) is 1.67. The highest BCUT2D eigenvalue weighted by atomic mass is 79.9. The third-order valence-corrected chi connectivity index (χ3v) is 3.06. The lowest BCUT2D eigenvalue weighted by molar-refractivity contribution is -0.136. The molecule has 0 radical (unpaired) electrons. The summed E-state index contributed by atoms with van der Waals surface area (Å²) in [4.78, 5) is 21.3. The third-order valence-electron chi connectivity index (χ3n) is 2.32. The van der Waals surface area contributed by atoms with E-state index in [2.05, 4.69) is 15.9 Å². The molecule has 86 valence electrons. The van der Waals surface area contributed by atoms with E-state index in [1.807, 2.05) is 25.1 Å². The number of carboxylic acids is 1. The first-order valence-electron chi connectivity index (χ1n) is 4.98. The summed E-state index contributed by atoms with van der Waals surface area (Å²) < 4.78 is 0.783. The first-order chi connectivity index (χ1) is 7.54. The number of carbonyl (C=O) groups excluding carboxylic acids is 1. The second kappa shape index (κ2) is 5.80. The van der Waals surface area contributed by atoms with Crippen LogP contribution in [-0.4, -0.2) is 17.4 Å². The predicted octanol–water partition coefficient (Wildman–Crippen LogP) is 2.45. The van der Waals surface area contributed by atoms with Crippen LogP contribution in [0.2, 0.25) is 0 Å². The minimum absolute atomic E-state index is 0.0255. The van der Waals surface area contributed by atoms with Crippen LogP contribution in [0.3, 0.4) is 0 Å². The van der Waals surface area contributed by atoms with Gasteiger partial charge < -0.3 is 9.90 Å². The van der Waals surface area contributed by atoms with Crippen molar-refractivity contribution in [1.29, 1.82) is 0 Å². The van der Waals surface area contributed by atoms with Gasteiger partial charge in [0.1, 0.15) is 6.29 Å². The Labute approximate surface area is 103 Å². The number of aldehydes is 1. The number of carboxylic acid groups (broad SMARTS) is 1. The molecule has 0 heterocycles. The fourth-order valence-corrected chi connectivity index (χ4v) is 2.09. The van der Waals surface area contributed by atoms with Crippen LogP contribution >= 0.6 is 15.9 Å². The average Bonchev–Trinajstić information content (AvgIpc) is 2.22. The Morgan fingerprint density at radius 3 is 2.81 bits per heavy atom. The number of aliphatic carboxylic acids is 1. The van der Waals surface area contributed by atoms with Crippen molar-refractivity contribution in [2.45, 2.75) is 19.8 Å². The van der Waals surface area contributed by atoms with E-state index >= 15 is 0 Å². The summed E-state index contributed by atoms with van der Waals surface area (Å²) in [6.07, 6.45) is 1.43. The number of rotatable bonds is 5. The lowest BCUT2D eigenvalue weighted by atomic mass is 9.96. The zero-order chi connectivity index (χ0) is 12.1. The summed E-state index contributed by atoms with van der Waals surface area (Å²) >= 11 is 3.34. The molecule has 16 heavy (non-hydrogen) atoms. The summed E-state index contributed by atoms with van der Waals surface area (Å²) in [7, 11) is 0. The maximum Gasteiger partial charge on any atom is 0.307 e. The van der Waals surface area contributed by atoms with Crippen LogP contribution in [0.1, 0.15) is 18.1 Å². The Morgan fingerprint density at radius 2 is 2.25 bits per heavy atom. The van der Waals surface area contributed by atoms with E-state index in [1.165, 1.54) is 0 Å². The Bertz CT molecular complexity index is 401. The van der Waals surface area contributed by atoms with E-state index in [0.29, 0.717) is 6.42 Å². The maximum absolute atomic E-state index is 10.7. The fraction of sp³-hybridized carbons (Fsp3) is 0.333. The van der Waals surface area contributed by atoms with Crippen LogP contribution in [0, 0.1) is 5.92 Å². The van der Waals surface area contributed by atoms with Gasteiger partial charge in [0.25, 0.3) is 0 Å². The van der Waals surface area contributed by atoms with Gasteiger partial charge in [0.15, 0.2) is 0 Å². The smallest absolute Gasteiger partial charge is 0.307 e. The molecule has 0 bridgehead atoms. The standard InChI is InChI=1S/C12H13BrO3/c1-8(7-14)5-9-3-2-4-11(13)10(9)6-12(15)16/h2-4,7-8H,5-6H2,1H3,(H,15,16). The van der Waals surface area contributed by atoms with Gasteiger partial charge in [-0.15, -0.1) is 0 Å². The topological polar surface area (TPSA) is 54.4 Å². The molecule has 1 aromatic carbocycles. The molecule has 0 aromatic heterocycles. The molecule has 0 aliphatic heterocycles. The second-order valence-electron chi connectivity index (χ2n) is 3.77. The monoisotopic (exact) mass is 284 g/mol. The molecule has 0 saturated heterocycles. The fourth-order valence-electron chi connectivity index (χ4n) is 1.54. The van der Waals surface area contributed by atoms with Crippen LogP contribution in [0.4, 0.5) is 0 Å². The number of hydrogen-bond donors (Lipinski definition) is 1. The second-order valence-corrected chi connectivity index (χ2v) is 4.62. The molecule has 0 amide bonds. The summed E-state index contributed by atoms with van der Waals surface area (Å²) in [6.45, 7) is 1.82. The molecule has 3 nitrogen and oxygen atoms in total. The minimum atomic E-state index is -0.869. The van der Waals surface area contributed by atoms with Crippen LogP contribution in [0.15, 0.2) is 22.7 Å². The van der Waals surface area contributed by atoms with Crippen LogP contribution in [0.25, 0.3) is 0 Å². The van der Waals surface area contributed by atoms with Gasteiger partial charge >= 0.3 is 5.97 Å². The molecule has 4 heteroatoms. The molecule has 1 rings (SSSR count). The first kappa shape index (κ1) is 12.9. The number of hydrogen-bond acceptors (Lipinski definition) is 2. The molecule has 0 aliphatic carbocycles. The van der Waals surface area contributed by atoms with E-state index in [-0.39, 0.29) is 12.3 Å². The van der Waals surface area contributed by atoms with Crippen LogP contribution in [0.5, 0.6) is 0 Å². The number of halogens is 1. The largest absolute Gasteiger partial charge is 0.481 e. The van der Waals surface area contributed by atoms with E-state index in [9.17, 15) is 9.59 Å². The first-order valence-corrected chi connectivity index (χ1v) is 5.77. The maximum atomic E-state index is 10.7. The SMILES string of the molecule is CC(C=O)Cc1cccc(Br)c1CC(=O)O. The molecular formula is C12H13BrO3. The van der Waals surface area contributed by atoms with Crippen molar-refractivity contribution < 1.29 is 14.7 Å². The van der Waals surface area contributed by atoms with Gasteiger partial charge in [0.2, 0.25) is 0 Å². The van der Waals surface area contributed by atoms with Crippen LogP contribution in [-0.2, 0) is 22.4 Å². The van der Waals surface area contributed by atoms with E-state index in [1.54, 1.807) is 0 Å². The highest BCUT2D eigenvalue weighted by molar-refractivity contribution is 9.10. The molecule has 0 spiro atoms. The van der Waals surface area contributed by atoms with E-state index in [4.69, 9.17) is 5.11 Å². The number of benzene rings is 1. The molecule has 1 aromatic rings. The average molecular weight is 285 g/mol. The number of carbonyl (C=O) groups is 2. The van der Waals surface area contributed by atoms with Crippen molar-refractivity contribution in [3.05, 3.63) is 33.8 Å². The Kier molecular flexibility index (Phi) is 4.68. The highest BCUT2D eigenvalue weighted by Gasteiger charge is 2.12. The lowest BCUT2D eigenvalue weighted by Gasteiger charge is -2.11. The van der Waals surface area contributed by atoms with Gasteiger partial charge in [0.05, 0.1) is 6.42 Å². The summed E-state index contributed by atoms with van der Waals surface area (Å²) in [5.74, 6) is -0.964. The quantitative estimate of drug-likeness (QED) is 0.845. The van der Waals surface area contributed by atoms with E-state index in [0.717, 1.165) is 21.9 Å². The molecule has 1 atom stereocenters. The van der Waals surface area contributed by atoms with Gasteiger partial charge in [-0.2, -0.15) is 0 Å². The Hall–Kier alpha value is -1.16. The van der Waals surface area contributed by atoms with Crippen molar-refractivity contribution in [3.8, 4) is 0 Å². The predicted molar refractivity (Wildman–Crippen MR) is 64.4 cm³/mol. The summed E-state index contributed by atoms with van der Waals surface area (Å²) in [5, 5.41) is 8.82. The van der Waals surface area contributed by atoms with Crippen molar-refractivity contribution in [3.63, 3.8) is 0 Å². The van der Waals surface area contributed by atoms with Crippen molar-refractivity contribution in [1.82, 2.24) is 0 Å². The Morgan fingerprint density at radius 1 is 1.56 bits per heavy atom. The molecule has 0 saturated carbocycles. The van der Waals surface area contributed by atoms with Gasteiger partial charge in [-0.05, 0) is 23.6 Å². The van der Waals surface area contributed by atoms with E-state index < -0.39 is 5.97 Å². The molecular weight excluding hydrogens is 272 g/mol. The molecule has 0 aliphatic rings. The summed E-state index contributed by atoms with van der Waals surface area (Å²) in [6, 6.07) is 5.53. The van der Waals surface area contributed by atoms with Gasteiger partial charge in [-0.25, -0.2) is 0 Å². The normalized spacial score (nSPS) is 12.1.